The van der Waals surface area contributed by atoms with Crippen LogP contribution in [0.2, 0.25) is 0 Å². The van der Waals surface area contributed by atoms with Crippen LogP contribution in [0.1, 0.15) is 59.1 Å². The topological polar surface area (TPSA) is 123 Å². The molecule has 10 heteroatoms. The Kier molecular flexibility index (Phi) is 9.25. The van der Waals surface area contributed by atoms with Gasteiger partial charge < -0.3 is 14.6 Å². The molecule has 0 aliphatic rings. The molecule has 0 unspecified atom stereocenters. The van der Waals surface area contributed by atoms with Crippen molar-refractivity contribution in [3.8, 4) is 17.2 Å². The van der Waals surface area contributed by atoms with Crippen LogP contribution in [0.15, 0.2) is 39.9 Å². The van der Waals surface area contributed by atoms with Gasteiger partial charge in [-0.2, -0.15) is 5.10 Å². The third-order valence-electron chi connectivity index (χ3n) is 5.03. The van der Waals surface area contributed by atoms with Gasteiger partial charge in [-0.25, -0.2) is 5.43 Å². The van der Waals surface area contributed by atoms with Crippen molar-refractivity contribution in [3.05, 3.63) is 56.0 Å². The molecule has 0 heterocycles. The minimum Gasteiger partial charge on any atom is -0.504 e. The summed E-state index contributed by atoms with van der Waals surface area (Å²) >= 11 is 3.32. The van der Waals surface area contributed by atoms with E-state index in [1.54, 1.807) is 25.1 Å². The Morgan fingerprint density at radius 3 is 2.46 bits per heavy atom. The van der Waals surface area contributed by atoms with E-state index < -0.39 is 17.4 Å². The van der Waals surface area contributed by atoms with E-state index in [0.29, 0.717) is 16.6 Å². The SMILES string of the molecule is CCOc1cc(Br)cc(/C=N/NC(=O)COc2ccc(C(C)(C)CC(C)(C)C)cc2[N+](=O)[O-])c1O. The van der Waals surface area contributed by atoms with E-state index in [4.69, 9.17) is 9.47 Å². The third-order valence-corrected chi connectivity index (χ3v) is 5.49. The van der Waals surface area contributed by atoms with E-state index in [1.807, 2.05) is 13.8 Å². The van der Waals surface area contributed by atoms with E-state index in [-0.39, 0.29) is 33.8 Å². The number of hydrogen-bond donors (Lipinski definition) is 2. The number of carbonyl (C=O) groups is 1. The summed E-state index contributed by atoms with van der Waals surface area (Å²) in [5.74, 6) is -0.462. The standard InChI is InChI=1S/C25H32BrN3O6/c1-7-34-21-12-18(26)10-16(23(21)31)13-27-28-22(30)14-35-20-9-8-17(11-19(20)29(32)33)25(5,6)15-24(2,3)4/h8-13,31H,7,14-15H2,1-6H3,(H,28,30)/b27-13+. The highest BCUT2D eigenvalue weighted by molar-refractivity contribution is 9.10. The van der Waals surface area contributed by atoms with E-state index >= 15 is 0 Å². The van der Waals surface area contributed by atoms with Crippen LogP contribution in [0.4, 0.5) is 5.69 Å². The smallest absolute Gasteiger partial charge is 0.311 e. The number of hydrazone groups is 1. The van der Waals surface area contributed by atoms with Crippen LogP contribution in [-0.4, -0.2) is 35.4 Å². The fourth-order valence-corrected chi connectivity index (χ4v) is 4.39. The zero-order valence-corrected chi connectivity index (χ0v) is 22.4. The fraction of sp³-hybridized carbons (Fsp3) is 0.440. The molecule has 2 rings (SSSR count). The van der Waals surface area contributed by atoms with Gasteiger partial charge >= 0.3 is 5.69 Å². The number of aromatic hydroxyl groups is 1. The number of rotatable bonds is 10. The fourth-order valence-electron chi connectivity index (χ4n) is 3.94. The van der Waals surface area contributed by atoms with Crippen molar-refractivity contribution < 1.29 is 24.3 Å². The van der Waals surface area contributed by atoms with E-state index in [0.717, 1.165) is 12.0 Å². The highest BCUT2D eigenvalue weighted by Crippen LogP contribution is 2.39. The Bertz CT molecular complexity index is 1110. The van der Waals surface area contributed by atoms with Crippen LogP contribution in [0, 0.1) is 15.5 Å². The van der Waals surface area contributed by atoms with Crippen LogP contribution in [0.5, 0.6) is 17.2 Å². The second kappa shape index (κ2) is 11.5. The Morgan fingerprint density at radius 2 is 1.86 bits per heavy atom. The summed E-state index contributed by atoms with van der Waals surface area (Å²) in [6, 6.07) is 8.03. The van der Waals surface area contributed by atoms with Crippen molar-refractivity contribution in [1.29, 1.82) is 0 Å². The average molecular weight is 550 g/mol. The number of halogens is 1. The third kappa shape index (κ3) is 8.24. The van der Waals surface area contributed by atoms with Gasteiger partial charge in [-0.3, -0.25) is 14.9 Å². The number of nitrogens with one attached hydrogen (secondary N) is 1. The van der Waals surface area contributed by atoms with Crippen LogP contribution in [0.3, 0.4) is 0 Å². The molecule has 0 radical (unpaired) electrons. The molecule has 0 spiro atoms. The molecule has 0 saturated carbocycles. The Morgan fingerprint density at radius 1 is 1.17 bits per heavy atom. The maximum absolute atomic E-state index is 12.2. The second-order valence-electron chi connectivity index (χ2n) is 9.92. The van der Waals surface area contributed by atoms with Crippen LogP contribution in [-0.2, 0) is 10.2 Å². The maximum atomic E-state index is 12.2. The molecule has 0 aromatic heterocycles. The molecule has 0 bridgehead atoms. The summed E-state index contributed by atoms with van der Waals surface area (Å²) in [6.07, 6.45) is 2.09. The van der Waals surface area contributed by atoms with Crippen molar-refractivity contribution in [2.75, 3.05) is 13.2 Å². The number of phenolic OH excluding ortho intramolecular Hbond substituents is 1. The number of hydrogen-bond acceptors (Lipinski definition) is 7. The molecule has 0 atom stereocenters. The first kappa shape index (κ1) is 28.1. The van der Waals surface area contributed by atoms with E-state index in [1.165, 1.54) is 18.3 Å². The first-order valence-corrected chi connectivity index (χ1v) is 11.9. The monoisotopic (exact) mass is 549 g/mol. The van der Waals surface area contributed by atoms with Crippen molar-refractivity contribution in [2.45, 2.75) is 53.4 Å². The lowest BCUT2D eigenvalue weighted by atomic mass is 9.72. The molecule has 190 valence electrons. The molecule has 9 nitrogen and oxygen atoms in total. The Hall–Kier alpha value is -3.14. The van der Waals surface area contributed by atoms with Crippen molar-refractivity contribution in [1.82, 2.24) is 5.43 Å². The minimum absolute atomic E-state index is 0.00423. The van der Waals surface area contributed by atoms with Crippen LogP contribution >= 0.6 is 15.9 Å². The van der Waals surface area contributed by atoms with Crippen molar-refractivity contribution in [2.24, 2.45) is 10.5 Å². The highest BCUT2D eigenvalue weighted by Gasteiger charge is 2.30. The predicted molar refractivity (Wildman–Crippen MR) is 138 cm³/mol. The van der Waals surface area contributed by atoms with Gasteiger partial charge in [-0.15, -0.1) is 0 Å². The zero-order chi connectivity index (χ0) is 26.4. The molecule has 2 aromatic rings. The average Bonchev–Trinajstić information content (AvgIpc) is 2.73. The summed E-state index contributed by atoms with van der Waals surface area (Å²) < 4.78 is 11.4. The molecule has 35 heavy (non-hydrogen) atoms. The lowest BCUT2D eigenvalue weighted by Gasteiger charge is -2.33. The summed E-state index contributed by atoms with van der Waals surface area (Å²) in [5.41, 5.74) is 2.98. The summed E-state index contributed by atoms with van der Waals surface area (Å²) in [5, 5.41) is 25.7. The predicted octanol–water partition coefficient (Wildman–Crippen LogP) is 5.70. The molecular weight excluding hydrogens is 518 g/mol. The largest absolute Gasteiger partial charge is 0.504 e. The highest BCUT2D eigenvalue weighted by atomic mass is 79.9. The Balaban J connectivity index is 2.08. The minimum atomic E-state index is -0.618. The number of nitro groups is 1. The first-order chi connectivity index (χ1) is 16.2. The maximum Gasteiger partial charge on any atom is 0.311 e. The number of nitro benzene ring substituents is 1. The van der Waals surface area contributed by atoms with Gasteiger partial charge in [0.05, 0.1) is 17.7 Å². The van der Waals surface area contributed by atoms with Gasteiger partial charge in [0.2, 0.25) is 0 Å². The van der Waals surface area contributed by atoms with Crippen LogP contribution in [0.25, 0.3) is 0 Å². The number of carbonyl (C=O) groups excluding carboxylic acids is 1. The first-order valence-electron chi connectivity index (χ1n) is 11.1. The number of nitrogens with zero attached hydrogens (tertiary/aromatic N) is 2. The second-order valence-corrected chi connectivity index (χ2v) is 10.8. The molecule has 2 aromatic carbocycles. The quantitative estimate of drug-likeness (QED) is 0.222. The summed E-state index contributed by atoms with van der Waals surface area (Å²) in [4.78, 5) is 23.3. The molecule has 0 saturated heterocycles. The number of phenols is 1. The molecular formula is C25H32BrN3O6. The summed E-state index contributed by atoms with van der Waals surface area (Å²) in [7, 11) is 0. The molecule has 1 amide bonds. The normalized spacial score (nSPS) is 12.0. The molecule has 0 aliphatic heterocycles. The van der Waals surface area contributed by atoms with E-state index in [9.17, 15) is 20.0 Å². The molecule has 0 aliphatic carbocycles. The lowest BCUT2D eigenvalue weighted by molar-refractivity contribution is -0.385. The van der Waals surface area contributed by atoms with Gasteiger partial charge in [0.25, 0.3) is 5.91 Å². The lowest BCUT2D eigenvalue weighted by Crippen LogP contribution is -2.26. The van der Waals surface area contributed by atoms with Gasteiger partial charge in [-0.1, -0.05) is 56.6 Å². The summed E-state index contributed by atoms with van der Waals surface area (Å²) in [6.45, 7) is 12.1. The molecule has 2 N–H and O–H groups in total. The van der Waals surface area contributed by atoms with Crippen LogP contribution < -0.4 is 14.9 Å². The van der Waals surface area contributed by atoms with Gasteiger partial charge in [0, 0.05) is 16.1 Å². The Labute approximate surface area is 213 Å². The number of ether oxygens (including phenoxy) is 2. The van der Waals surface area contributed by atoms with Crippen molar-refractivity contribution in [3.63, 3.8) is 0 Å². The van der Waals surface area contributed by atoms with Gasteiger partial charge in [0.15, 0.2) is 23.9 Å². The zero-order valence-electron chi connectivity index (χ0n) is 20.8. The molecule has 0 fully saturated rings. The number of benzene rings is 2. The van der Waals surface area contributed by atoms with Gasteiger partial charge in [-0.05, 0) is 47.9 Å². The van der Waals surface area contributed by atoms with Gasteiger partial charge in [0.1, 0.15) is 0 Å². The van der Waals surface area contributed by atoms with E-state index in [2.05, 4.69) is 47.2 Å². The number of amides is 1. The van der Waals surface area contributed by atoms with Crippen molar-refractivity contribution >= 4 is 33.7 Å².